The van der Waals surface area contributed by atoms with Crippen molar-refractivity contribution in [3.05, 3.63) is 29.8 Å². The Labute approximate surface area is 168 Å². The number of ketones is 1. The van der Waals surface area contributed by atoms with Crippen molar-refractivity contribution in [3.8, 4) is 5.75 Å². The van der Waals surface area contributed by atoms with Crippen LogP contribution in [0.2, 0.25) is 0 Å². The molecule has 1 aromatic carbocycles. The zero-order valence-electron chi connectivity index (χ0n) is 17.9. The van der Waals surface area contributed by atoms with Crippen LogP contribution in [-0.2, 0) is 0 Å². The molecule has 0 aliphatic rings. The lowest BCUT2D eigenvalue weighted by atomic mass is 10.0. The lowest BCUT2D eigenvalue weighted by molar-refractivity contribution is 0.101. The van der Waals surface area contributed by atoms with Crippen molar-refractivity contribution in [2.24, 2.45) is 0 Å². The molecule has 1 aromatic rings. The molecule has 1 rings (SSSR count). The molecule has 0 spiro atoms. The first kappa shape index (κ1) is 23.7. The summed E-state index contributed by atoms with van der Waals surface area (Å²) in [6.07, 6.45) is 20.6. The summed E-state index contributed by atoms with van der Waals surface area (Å²) >= 11 is 0. The third-order valence-corrected chi connectivity index (χ3v) is 5.26. The van der Waals surface area contributed by atoms with Crippen molar-refractivity contribution < 1.29 is 9.53 Å². The van der Waals surface area contributed by atoms with Crippen molar-refractivity contribution >= 4 is 5.78 Å². The average Bonchev–Trinajstić information content (AvgIpc) is 2.68. The van der Waals surface area contributed by atoms with Crippen LogP contribution in [-0.4, -0.2) is 12.4 Å². The number of carbonyl (C=O) groups excluding carboxylic acids is 1. The van der Waals surface area contributed by atoms with Crippen LogP contribution < -0.4 is 4.74 Å². The van der Waals surface area contributed by atoms with Crippen LogP contribution in [0.1, 0.15) is 121 Å². The van der Waals surface area contributed by atoms with Gasteiger partial charge >= 0.3 is 0 Å². The van der Waals surface area contributed by atoms with Gasteiger partial charge in [-0.15, -0.1) is 0 Å². The van der Waals surface area contributed by atoms with Gasteiger partial charge in [0.25, 0.3) is 0 Å². The second kappa shape index (κ2) is 16.8. The summed E-state index contributed by atoms with van der Waals surface area (Å²) in [5, 5.41) is 0. The molecule has 0 fully saturated rings. The van der Waals surface area contributed by atoms with Crippen molar-refractivity contribution in [2.45, 2.75) is 110 Å². The maximum Gasteiger partial charge on any atom is 0.159 e. The summed E-state index contributed by atoms with van der Waals surface area (Å²) in [5.74, 6) is 0.903. The average molecular weight is 375 g/mol. The van der Waals surface area contributed by atoms with Crippen LogP contribution in [0.5, 0.6) is 5.75 Å². The molecular formula is C25H42O2. The highest BCUT2D eigenvalue weighted by Crippen LogP contribution is 2.16. The van der Waals surface area contributed by atoms with E-state index < -0.39 is 0 Å². The van der Waals surface area contributed by atoms with Gasteiger partial charge in [0.2, 0.25) is 0 Å². The highest BCUT2D eigenvalue weighted by Gasteiger charge is 2.01. The van der Waals surface area contributed by atoms with E-state index in [0.717, 1.165) is 24.3 Å². The van der Waals surface area contributed by atoms with Gasteiger partial charge < -0.3 is 4.74 Å². The Morgan fingerprint density at radius 3 is 1.70 bits per heavy atom. The van der Waals surface area contributed by atoms with Gasteiger partial charge in [0.05, 0.1) is 6.61 Å². The molecule has 0 aliphatic carbocycles. The maximum atomic E-state index is 11.4. The maximum absolute atomic E-state index is 11.4. The topological polar surface area (TPSA) is 26.3 Å². The van der Waals surface area contributed by atoms with E-state index in [2.05, 4.69) is 6.92 Å². The molecule has 0 heterocycles. The van der Waals surface area contributed by atoms with E-state index in [0.29, 0.717) is 0 Å². The van der Waals surface area contributed by atoms with E-state index in [-0.39, 0.29) is 5.78 Å². The molecule has 154 valence electrons. The zero-order chi connectivity index (χ0) is 19.6. The van der Waals surface area contributed by atoms with Gasteiger partial charge in [-0.3, -0.25) is 4.79 Å². The molecule has 0 amide bonds. The number of unbranched alkanes of at least 4 members (excludes halogenated alkanes) is 14. The molecule has 0 aliphatic heterocycles. The molecule has 0 saturated heterocycles. The highest BCUT2D eigenvalue weighted by atomic mass is 16.5. The number of ether oxygens (including phenoxy) is 1. The van der Waals surface area contributed by atoms with Gasteiger partial charge in [0.15, 0.2) is 5.78 Å². The molecule has 0 bridgehead atoms. The van der Waals surface area contributed by atoms with Crippen molar-refractivity contribution in [1.82, 2.24) is 0 Å². The number of Topliss-reactive ketones (excluding diaryl/α,β-unsaturated/α-hetero) is 1. The summed E-state index contributed by atoms with van der Waals surface area (Å²) < 4.78 is 5.76. The first-order valence-electron chi connectivity index (χ1n) is 11.5. The number of hydrogen-bond donors (Lipinski definition) is 0. The van der Waals surface area contributed by atoms with Gasteiger partial charge in [0.1, 0.15) is 5.75 Å². The SMILES string of the molecule is CCCCCCCCCCCCCCCCCOc1cccc(C(C)=O)c1. The third kappa shape index (κ3) is 13.5. The quantitative estimate of drug-likeness (QED) is 0.191. The predicted octanol–water partition coefficient (Wildman–Crippen LogP) is 8.14. The molecule has 0 aromatic heterocycles. The van der Waals surface area contributed by atoms with Gasteiger partial charge in [-0.25, -0.2) is 0 Å². The first-order chi connectivity index (χ1) is 13.2. The fourth-order valence-corrected chi connectivity index (χ4v) is 3.47. The molecule has 0 atom stereocenters. The minimum absolute atomic E-state index is 0.0902. The number of hydrogen-bond acceptors (Lipinski definition) is 2. The molecule has 0 N–H and O–H groups in total. The smallest absolute Gasteiger partial charge is 0.159 e. The van der Waals surface area contributed by atoms with Crippen LogP contribution in [0.25, 0.3) is 0 Å². The summed E-state index contributed by atoms with van der Waals surface area (Å²) in [5.41, 5.74) is 0.726. The van der Waals surface area contributed by atoms with Crippen LogP contribution in [0.4, 0.5) is 0 Å². The minimum Gasteiger partial charge on any atom is -0.494 e. The minimum atomic E-state index is 0.0902. The number of carbonyl (C=O) groups is 1. The molecule has 2 heteroatoms. The molecule has 0 unspecified atom stereocenters. The molecule has 27 heavy (non-hydrogen) atoms. The normalized spacial score (nSPS) is 10.9. The molecule has 0 saturated carbocycles. The van der Waals surface area contributed by atoms with E-state index in [1.54, 1.807) is 6.92 Å². The summed E-state index contributed by atoms with van der Waals surface area (Å²) in [6, 6.07) is 7.49. The lowest BCUT2D eigenvalue weighted by Gasteiger charge is -2.07. The monoisotopic (exact) mass is 374 g/mol. The van der Waals surface area contributed by atoms with Crippen LogP contribution in [0.15, 0.2) is 24.3 Å². The van der Waals surface area contributed by atoms with Gasteiger partial charge in [0, 0.05) is 5.56 Å². The van der Waals surface area contributed by atoms with Crippen LogP contribution >= 0.6 is 0 Å². The zero-order valence-corrected chi connectivity index (χ0v) is 17.9. The van der Waals surface area contributed by atoms with Crippen molar-refractivity contribution in [3.63, 3.8) is 0 Å². The Morgan fingerprint density at radius 2 is 1.22 bits per heavy atom. The predicted molar refractivity (Wildman–Crippen MR) is 117 cm³/mol. The lowest BCUT2D eigenvalue weighted by Crippen LogP contribution is -1.99. The van der Waals surface area contributed by atoms with Gasteiger partial charge in [-0.1, -0.05) is 109 Å². The third-order valence-electron chi connectivity index (χ3n) is 5.26. The van der Waals surface area contributed by atoms with E-state index in [1.807, 2.05) is 24.3 Å². The van der Waals surface area contributed by atoms with E-state index in [1.165, 1.54) is 89.9 Å². The van der Waals surface area contributed by atoms with Crippen molar-refractivity contribution in [2.75, 3.05) is 6.61 Å². The Morgan fingerprint density at radius 1 is 0.741 bits per heavy atom. The van der Waals surface area contributed by atoms with Crippen LogP contribution in [0, 0.1) is 0 Å². The van der Waals surface area contributed by atoms with E-state index >= 15 is 0 Å². The fraction of sp³-hybridized carbons (Fsp3) is 0.720. The van der Waals surface area contributed by atoms with Crippen LogP contribution in [0.3, 0.4) is 0 Å². The Balaban J connectivity index is 1.83. The summed E-state index contributed by atoms with van der Waals surface area (Å²) in [7, 11) is 0. The summed E-state index contributed by atoms with van der Waals surface area (Å²) in [4.78, 5) is 11.4. The number of benzene rings is 1. The van der Waals surface area contributed by atoms with Crippen molar-refractivity contribution in [1.29, 1.82) is 0 Å². The number of rotatable bonds is 18. The van der Waals surface area contributed by atoms with E-state index in [9.17, 15) is 4.79 Å². The first-order valence-corrected chi connectivity index (χ1v) is 11.5. The highest BCUT2D eigenvalue weighted by molar-refractivity contribution is 5.94. The fourth-order valence-electron chi connectivity index (χ4n) is 3.47. The standard InChI is InChI=1S/C25H42O2/c1-3-4-5-6-7-8-9-10-11-12-13-14-15-16-17-21-27-25-20-18-19-24(22-25)23(2)26/h18-20,22H,3-17,21H2,1-2H3. The molecular weight excluding hydrogens is 332 g/mol. The molecule has 2 nitrogen and oxygen atoms in total. The Bertz CT molecular complexity index is 481. The van der Waals surface area contributed by atoms with Gasteiger partial charge in [-0.05, 0) is 25.5 Å². The molecule has 0 radical (unpaired) electrons. The Hall–Kier alpha value is -1.31. The largest absolute Gasteiger partial charge is 0.494 e. The summed E-state index contributed by atoms with van der Waals surface area (Å²) in [6.45, 7) is 4.62. The second-order valence-electron chi connectivity index (χ2n) is 7.88. The Kier molecular flexibility index (Phi) is 14.8. The van der Waals surface area contributed by atoms with Gasteiger partial charge in [-0.2, -0.15) is 0 Å². The second-order valence-corrected chi connectivity index (χ2v) is 7.88. The van der Waals surface area contributed by atoms with E-state index in [4.69, 9.17) is 4.74 Å².